The molecule has 2 saturated heterocycles. The fraction of sp³-hybridized carbons (Fsp3) is 0.533. The standard InChI is InChI=1S/C15H19N3O2/c1-11(12-5-4-7-16-9-12)18-10-14(19)17-8-3-2-6-13(17)15(18)20/h4-5,7,9,11,13H,2-3,6,8,10H2,1H3. The van der Waals surface area contributed by atoms with Gasteiger partial charge in [0.2, 0.25) is 11.8 Å². The van der Waals surface area contributed by atoms with E-state index in [0.29, 0.717) is 0 Å². The van der Waals surface area contributed by atoms with Gasteiger partial charge < -0.3 is 9.80 Å². The molecule has 1 aromatic rings. The molecule has 0 saturated carbocycles. The molecule has 5 heteroatoms. The highest BCUT2D eigenvalue weighted by molar-refractivity contribution is 5.95. The molecule has 2 amide bonds. The molecule has 3 heterocycles. The second kappa shape index (κ2) is 5.23. The molecule has 5 nitrogen and oxygen atoms in total. The Morgan fingerprint density at radius 2 is 2.20 bits per heavy atom. The molecule has 2 fully saturated rings. The van der Waals surface area contributed by atoms with Crippen LogP contribution in [0.2, 0.25) is 0 Å². The van der Waals surface area contributed by atoms with Crippen LogP contribution in [0.15, 0.2) is 24.5 Å². The first-order valence-corrected chi connectivity index (χ1v) is 7.18. The summed E-state index contributed by atoms with van der Waals surface area (Å²) in [5, 5.41) is 0. The lowest BCUT2D eigenvalue weighted by atomic mass is 9.96. The minimum absolute atomic E-state index is 0.0741. The number of pyridine rings is 1. The molecule has 20 heavy (non-hydrogen) atoms. The third-order valence-electron chi connectivity index (χ3n) is 4.33. The van der Waals surface area contributed by atoms with E-state index in [2.05, 4.69) is 4.98 Å². The van der Waals surface area contributed by atoms with E-state index in [1.807, 2.05) is 19.1 Å². The maximum absolute atomic E-state index is 12.6. The van der Waals surface area contributed by atoms with Gasteiger partial charge in [0.1, 0.15) is 12.6 Å². The van der Waals surface area contributed by atoms with Gasteiger partial charge in [-0.05, 0) is 37.8 Å². The van der Waals surface area contributed by atoms with Crippen molar-refractivity contribution >= 4 is 11.8 Å². The minimum Gasteiger partial charge on any atom is -0.329 e. The number of aromatic nitrogens is 1. The number of amides is 2. The predicted octanol–water partition coefficient (Wildman–Crippen LogP) is 1.37. The fourth-order valence-electron chi connectivity index (χ4n) is 3.12. The molecule has 0 radical (unpaired) electrons. The number of rotatable bonds is 2. The first-order chi connectivity index (χ1) is 9.68. The van der Waals surface area contributed by atoms with Gasteiger partial charge in [0.25, 0.3) is 0 Å². The van der Waals surface area contributed by atoms with E-state index in [1.165, 1.54) is 0 Å². The monoisotopic (exact) mass is 273 g/mol. The maximum atomic E-state index is 12.6. The summed E-state index contributed by atoms with van der Waals surface area (Å²) in [6.45, 7) is 2.87. The van der Waals surface area contributed by atoms with Gasteiger partial charge in [-0.3, -0.25) is 14.6 Å². The molecule has 2 aliphatic heterocycles. The summed E-state index contributed by atoms with van der Waals surface area (Å²) in [6.07, 6.45) is 6.29. The first kappa shape index (κ1) is 13.1. The molecule has 106 valence electrons. The summed E-state index contributed by atoms with van der Waals surface area (Å²) in [4.78, 5) is 32.4. The highest BCUT2D eigenvalue weighted by Gasteiger charge is 2.42. The number of nitrogens with zero attached hydrogens (tertiary/aromatic N) is 3. The van der Waals surface area contributed by atoms with Crippen molar-refractivity contribution in [2.45, 2.75) is 38.3 Å². The molecule has 3 rings (SSSR count). The summed E-state index contributed by atoms with van der Waals surface area (Å²) in [7, 11) is 0. The number of piperidine rings is 1. The maximum Gasteiger partial charge on any atom is 0.246 e. The highest BCUT2D eigenvalue weighted by Crippen LogP contribution is 2.28. The van der Waals surface area contributed by atoms with Gasteiger partial charge in [-0.2, -0.15) is 0 Å². The van der Waals surface area contributed by atoms with Gasteiger partial charge in [-0.15, -0.1) is 0 Å². The van der Waals surface area contributed by atoms with E-state index < -0.39 is 0 Å². The van der Waals surface area contributed by atoms with Crippen LogP contribution in [0.5, 0.6) is 0 Å². The van der Waals surface area contributed by atoms with Gasteiger partial charge in [0.15, 0.2) is 0 Å². The molecule has 2 unspecified atom stereocenters. The fourth-order valence-corrected chi connectivity index (χ4v) is 3.12. The van der Waals surface area contributed by atoms with Crippen LogP contribution in [0.3, 0.4) is 0 Å². The van der Waals surface area contributed by atoms with E-state index in [-0.39, 0.29) is 30.4 Å². The third kappa shape index (κ3) is 2.17. The number of hydrogen-bond donors (Lipinski definition) is 0. The van der Waals surface area contributed by atoms with Crippen molar-refractivity contribution in [2.24, 2.45) is 0 Å². The number of carbonyl (C=O) groups is 2. The number of fused-ring (bicyclic) bond motifs is 1. The quantitative estimate of drug-likeness (QED) is 0.817. The van der Waals surface area contributed by atoms with Crippen LogP contribution in [0.1, 0.15) is 37.8 Å². The van der Waals surface area contributed by atoms with Gasteiger partial charge in [0, 0.05) is 18.9 Å². The molecule has 0 bridgehead atoms. The number of carbonyl (C=O) groups excluding carboxylic acids is 2. The lowest BCUT2D eigenvalue weighted by Gasteiger charge is -2.44. The van der Waals surface area contributed by atoms with Crippen LogP contribution >= 0.6 is 0 Å². The second-order valence-electron chi connectivity index (χ2n) is 5.53. The van der Waals surface area contributed by atoms with E-state index >= 15 is 0 Å². The lowest BCUT2D eigenvalue weighted by Crippen LogP contribution is -2.61. The molecule has 2 atom stereocenters. The van der Waals surface area contributed by atoms with Crippen LogP contribution in [-0.4, -0.2) is 45.7 Å². The number of piperazine rings is 1. The van der Waals surface area contributed by atoms with E-state index in [9.17, 15) is 9.59 Å². The predicted molar refractivity (Wildman–Crippen MR) is 73.7 cm³/mol. The molecule has 1 aromatic heterocycles. The molecule has 0 spiro atoms. The van der Waals surface area contributed by atoms with Gasteiger partial charge in [-0.25, -0.2) is 0 Å². The first-order valence-electron chi connectivity index (χ1n) is 7.18. The van der Waals surface area contributed by atoms with Crippen molar-refractivity contribution in [1.82, 2.24) is 14.8 Å². The summed E-state index contributed by atoms with van der Waals surface area (Å²) in [5.74, 6) is 0.158. The topological polar surface area (TPSA) is 53.5 Å². The van der Waals surface area contributed by atoms with Crippen LogP contribution in [0.25, 0.3) is 0 Å². The smallest absolute Gasteiger partial charge is 0.246 e. The van der Waals surface area contributed by atoms with Crippen molar-refractivity contribution in [1.29, 1.82) is 0 Å². The van der Waals surface area contributed by atoms with Gasteiger partial charge in [0.05, 0.1) is 6.04 Å². The summed E-state index contributed by atoms with van der Waals surface area (Å²) in [5.41, 5.74) is 0.970. The van der Waals surface area contributed by atoms with Crippen molar-refractivity contribution in [3.63, 3.8) is 0 Å². The second-order valence-corrected chi connectivity index (χ2v) is 5.53. The lowest BCUT2D eigenvalue weighted by molar-refractivity contribution is -0.159. The summed E-state index contributed by atoms with van der Waals surface area (Å²) in [6, 6.07) is 3.45. The van der Waals surface area contributed by atoms with Crippen LogP contribution in [0.4, 0.5) is 0 Å². The number of hydrogen-bond acceptors (Lipinski definition) is 3. The zero-order valence-corrected chi connectivity index (χ0v) is 11.7. The zero-order chi connectivity index (χ0) is 14.1. The Balaban J connectivity index is 1.83. The molecular weight excluding hydrogens is 254 g/mol. The van der Waals surface area contributed by atoms with Crippen molar-refractivity contribution in [2.75, 3.05) is 13.1 Å². The Kier molecular flexibility index (Phi) is 3.42. The molecular formula is C15H19N3O2. The van der Waals surface area contributed by atoms with Crippen LogP contribution in [0, 0.1) is 0 Å². The summed E-state index contributed by atoms with van der Waals surface area (Å²) < 4.78 is 0. The largest absolute Gasteiger partial charge is 0.329 e. The Bertz CT molecular complexity index is 517. The van der Waals surface area contributed by atoms with Crippen molar-refractivity contribution < 1.29 is 9.59 Å². The zero-order valence-electron chi connectivity index (χ0n) is 11.7. The van der Waals surface area contributed by atoms with E-state index in [4.69, 9.17) is 0 Å². The van der Waals surface area contributed by atoms with Crippen LogP contribution < -0.4 is 0 Å². The highest BCUT2D eigenvalue weighted by atomic mass is 16.2. The SMILES string of the molecule is CC(c1cccnc1)N1CC(=O)N2CCCCC2C1=O. The van der Waals surface area contributed by atoms with Gasteiger partial charge in [-0.1, -0.05) is 6.07 Å². The van der Waals surface area contributed by atoms with E-state index in [0.717, 1.165) is 31.4 Å². The minimum atomic E-state index is -0.246. The average molecular weight is 273 g/mol. The summed E-state index contributed by atoms with van der Waals surface area (Å²) >= 11 is 0. The van der Waals surface area contributed by atoms with Gasteiger partial charge >= 0.3 is 0 Å². The van der Waals surface area contributed by atoms with Crippen molar-refractivity contribution in [3.8, 4) is 0 Å². The van der Waals surface area contributed by atoms with E-state index in [1.54, 1.807) is 22.2 Å². The Morgan fingerprint density at radius 3 is 2.95 bits per heavy atom. The van der Waals surface area contributed by atoms with Crippen LogP contribution in [-0.2, 0) is 9.59 Å². The van der Waals surface area contributed by atoms with Crippen molar-refractivity contribution in [3.05, 3.63) is 30.1 Å². The molecule has 0 aromatic carbocycles. The Labute approximate surface area is 118 Å². The molecule has 2 aliphatic rings. The molecule has 0 N–H and O–H groups in total. The Morgan fingerprint density at radius 1 is 1.35 bits per heavy atom. The Hall–Kier alpha value is -1.91. The molecule has 0 aliphatic carbocycles. The normalized spacial score (nSPS) is 24.6. The average Bonchev–Trinajstić information content (AvgIpc) is 2.51. The third-order valence-corrected chi connectivity index (χ3v) is 4.33.